The lowest BCUT2D eigenvalue weighted by molar-refractivity contribution is 0.143. The fraction of sp³-hybridized carbons (Fsp3) is 1.00. The molecule has 10 heavy (non-hydrogen) atoms. The summed E-state index contributed by atoms with van der Waals surface area (Å²) in [7, 11) is 2.03. The van der Waals surface area contributed by atoms with Crippen molar-refractivity contribution in [3.63, 3.8) is 0 Å². The highest BCUT2D eigenvalue weighted by Gasteiger charge is 2.37. The molecule has 1 aliphatic heterocycles. The van der Waals surface area contributed by atoms with E-state index in [-0.39, 0.29) is 0 Å². The summed E-state index contributed by atoms with van der Waals surface area (Å²) in [6, 6.07) is 1.33. The van der Waals surface area contributed by atoms with Crippen LogP contribution in [0.4, 0.5) is 0 Å². The second-order valence-electron chi connectivity index (χ2n) is 4.15. The van der Waals surface area contributed by atoms with Gasteiger partial charge in [-0.15, -0.1) is 0 Å². The Labute approximate surface area is 63.4 Å². The summed E-state index contributed by atoms with van der Waals surface area (Å²) in [5, 5.41) is 6.72. The van der Waals surface area contributed by atoms with Gasteiger partial charge in [-0.25, -0.2) is 0 Å². The van der Waals surface area contributed by atoms with E-state index in [0.717, 1.165) is 6.54 Å². The molecule has 0 aromatic rings. The highest BCUT2D eigenvalue weighted by atomic mass is 15.1. The van der Waals surface area contributed by atoms with Crippen molar-refractivity contribution in [2.45, 2.75) is 32.9 Å². The average molecular weight is 142 g/mol. The second-order valence-corrected chi connectivity index (χ2v) is 4.15. The lowest BCUT2D eigenvalue weighted by Gasteiger charge is -2.46. The van der Waals surface area contributed by atoms with Crippen LogP contribution in [0.5, 0.6) is 0 Å². The molecule has 1 aliphatic rings. The van der Waals surface area contributed by atoms with Crippen LogP contribution in [0.3, 0.4) is 0 Å². The van der Waals surface area contributed by atoms with E-state index in [0.29, 0.717) is 17.5 Å². The van der Waals surface area contributed by atoms with Gasteiger partial charge in [-0.1, -0.05) is 20.8 Å². The Hall–Kier alpha value is -0.0800. The quantitative estimate of drug-likeness (QED) is 0.560. The molecule has 2 N–H and O–H groups in total. The molecule has 1 fully saturated rings. The molecule has 2 unspecified atom stereocenters. The van der Waals surface area contributed by atoms with Gasteiger partial charge in [0.15, 0.2) is 0 Å². The van der Waals surface area contributed by atoms with E-state index < -0.39 is 0 Å². The van der Waals surface area contributed by atoms with Crippen molar-refractivity contribution in [3.05, 3.63) is 0 Å². The van der Waals surface area contributed by atoms with Gasteiger partial charge < -0.3 is 10.6 Å². The van der Waals surface area contributed by atoms with Gasteiger partial charge >= 0.3 is 0 Å². The van der Waals surface area contributed by atoms with Crippen molar-refractivity contribution < 1.29 is 0 Å². The van der Waals surface area contributed by atoms with Crippen molar-refractivity contribution >= 4 is 0 Å². The van der Waals surface area contributed by atoms with Crippen LogP contribution in [-0.4, -0.2) is 25.7 Å². The van der Waals surface area contributed by atoms with Crippen LogP contribution in [0.2, 0.25) is 0 Å². The highest BCUT2D eigenvalue weighted by Crippen LogP contribution is 2.25. The number of rotatable bonds is 1. The van der Waals surface area contributed by atoms with E-state index in [1.54, 1.807) is 0 Å². The van der Waals surface area contributed by atoms with Crippen molar-refractivity contribution in [1.29, 1.82) is 0 Å². The molecular weight excluding hydrogens is 124 g/mol. The molecule has 2 atom stereocenters. The summed E-state index contributed by atoms with van der Waals surface area (Å²) in [4.78, 5) is 0. The summed E-state index contributed by atoms with van der Waals surface area (Å²) in [5.41, 5.74) is 0.395. The molecule has 0 amide bonds. The maximum Gasteiger partial charge on any atom is 0.0349 e. The third-order valence-electron chi connectivity index (χ3n) is 2.26. The molecule has 0 spiro atoms. The summed E-state index contributed by atoms with van der Waals surface area (Å²) in [6.45, 7) is 7.94. The van der Waals surface area contributed by atoms with E-state index in [4.69, 9.17) is 0 Å². The Balaban J connectivity index is 2.43. The zero-order valence-electron chi connectivity index (χ0n) is 7.36. The van der Waals surface area contributed by atoms with Crippen LogP contribution in [0.25, 0.3) is 0 Å². The molecule has 1 heterocycles. The van der Waals surface area contributed by atoms with Crippen molar-refractivity contribution in [2.75, 3.05) is 13.6 Å². The minimum Gasteiger partial charge on any atom is -0.314 e. The molecule has 0 radical (unpaired) electrons. The zero-order chi connectivity index (χ0) is 7.78. The summed E-state index contributed by atoms with van der Waals surface area (Å²) >= 11 is 0. The van der Waals surface area contributed by atoms with Crippen LogP contribution in [0.15, 0.2) is 0 Å². The van der Waals surface area contributed by atoms with E-state index in [1.165, 1.54) is 0 Å². The number of hydrogen-bond donors (Lipinski definition) is 2. The minimum atomic E-state index is 0.395. The van der Waals surface area contributed by atoms with Gasteiger partial charge in [0.2, 0.25) is 0 Å². The standard InChI is InChI=1S/C8H18N2/c1-8(2,3)7-6(9-4)5-10-7/h6-7,9-10H,5H2,1-4H3. The molecule has 0 saturated carbocycles. The van der Waals surface area contributed by atoms with Gasteiger partial charge in [0.05, 0.1) is 0 Å². The first-order valence-corrected chi connectivity index (χ1v) is 3.96. The molecule has 0 bridgehead atoms. The average Bonchev–Trinajstić information content (AvgIpc) is 1.57. The normalized spacial score (nSPS) is 33.6. The largest absolute Gasteiger partial charge is 0.314 e. The zero-order valence-corrected chi connectivity index (χ0v) is 7.36. The maximum atomic E-state index is 3.42. The van der Waals surface area contributed by atoms with Gasteiger partial charge in [0.1, 0.15) is 0 Å². The van der Waals surface area contributed by atoms with E-state index in [2.05, 4.69) is 31.4 Å². The number of hydrogen-bond acceptors (Lipinski definition) is 2. The Kier molecular flexibility index (Phi) is 2.02. The monoisotopic (exact) mass is 142 g/mol. The molecule has 1 saturated heterocycles. The fourth-order valence-electron chi connectivity index (χ4n) is 1.53. The van der Waals surface area contributed by atoms with Gasteiger partial charge in [0, 0.05) is 18.6 Å². The predicted octanol–water partition coefficient (Wildman–Crippen LogP) is 0.592. The van der Waals surface area contributed by atoms with Crippen LogP contribution in [0, 0.1) is 5.41 Å². The summed E-state index contributed by atoms with van der Waals surface area (Å²) in [6.07, 6.45) is 0. The van der Waals surface area contributed by atoms with Crippen molar-refractivity contribution in [2.24, 2.45) is 5.41 Å². The molecule has 2 heteroatoms. The van der Waals surface area contributed by atoms with E-state index in [9.17, 15) is 0 Å². The molecule has 60 valence electrons. The Morgan fingerprint density at radius 2 is 2.00 bits per heavy atom. The minimum absolute atomic E-state index is 0.395. The van der Waals surface area contributed by atoms with Gasteiger partial charge in [-0.3, -0.25) is 0 Å². The SMILES string of the molecule is CNC1CNC1C(C)(C)C. The Bertz CT molecular complexity index is 113. The highest BCUT2D eigenvalue weighted by molar-refractivity contribution is 4.99. The van der Waals surface area contributed by atoms with Crippen molar-refractivity contribution in [1.82, 2.24) is 10.6 Å². The van der Waals surface area contributed by atoms with Crippen LogP contribution in [0.1, 0.15) is 20.8 Å². The first kappa shape index (κ1) is 8.02. The van der Waals surface area contributed by atoms with E-state index in [1.807, 2.05) is 7.05 Å². The molecule has 0 aliphatic carbocycles. The lowest BCUT2D eigenvalue weighted by atomic mass is 9.78. The van der Waals surface area contributed by atoms with E-state index >= 15 is 0 Å². The Morgan fingerprint density at radius 1 is 1.40 bits per heavy atom. The Morgan fingerprint density at radius 3 is 2.10 bits per heavy atom. The van der Waals surface area contributed by atoms with Gasteiger partial charge in [-0.2, -0.15) is 0 Å². The fourth-order valence-corrected chi connectivity index (χ4v) is 1.53. The molecule has 0 aromatic heterocycles. The molecule has 2 nitrogen and oxygen atoms in total. The smallest absolute Gasteiger partial charge is 0.0349 e. The van der Waals surface area contributed by atoms with Crippen LogP contribution >= 0.6 is 0 Å². The number of likely N-dealkylation sites (N-methyl/N-ethyl adjacent to an activating group) is 1. The first-order chi connectivity index (χ1) is 4.55. The van der Waals surface area contributed by atoms with Gasteiger partial charge in [-0.05, 0) is 12.5 Å². The van der Waals surface area contributed by atoms with Crippen molar-refractivity contribution in [3.8, 4) is 0 Å². The van der Waals surface area contributed by atoms with Gasteiger partial charge in [0.25, 0.3) is 0 Å². The predicted molar refractivity (Wildman–Crippen MR) is 44.1 cm³/mol. The third kappa shape index (κ3) is 1.32. The summed E-state index contributed by atoms with van der Waals surface area (Å²) < 4.78 is 0. The lowest BCUT2D eigenvalue weighted by Crippen LogP contribution is -2.67. The molecule has 1 rings (SSSR count). The topological polar surface area (TPSA) is 24.1 Å². The number of nitrogens with one attached hydrogen (secondary N) is 2. The van der Waals surface area contributed by atoms with Crippen LogP contribution < -0.4 is 10.6 Å². The summed E-state index contributed by atoms with van der Waals surface area (Å²) in [5.74, 6) is 0. The van der Waals surface area contributed by atoms with Crippen LogP contribution in [-0.2, 0) is 0 Å². The molecular formula is C8H18N2. The molecule has 0 aromatic carbocycles. The second kappa shape index (κ2) is 2.51. The third-order valence-corrected chi connectivity index (χ3v) is 2.26. The first-order valence-electron chi connectivity index (χ1n) is 3.96. The maximum absolute atomic E-state index is 3.42.